The highest BCUT2D eigenvalue weighted by Crippen LogP contribution is 2.19. The molecule has 1 fully saturated rings. The molecule has 3 rings (SSSR count). The number of thiazole rings is 1. The second kappa shape index (κ2) is 7.47. The Labute approximate surface area is 134 Å². The van der Waals surface area contributed by atoms with E-state index in [1.807, 2.05) is 23.7 Å². The summed E-state index contributed by atoms with van der Waals surface area (Å²) in [6, 6.07) is 6.00. The summed E-state index contributed by atoms with van der Waals surface area (Å²) in [5.41, 5.74) is 1.11. The van der Waals surface area contributed by atoms with Crippen molar-refractivity contribution in [2.24, 2.45) is 5.92 Å². The molecule has 1 amide bonds. The van der Waals surface area contributed by atoms with Gasteiger partial charge in [0.15, 0.2) is 5.13 Å². The summed E-state index contributed by atoms with van der Waals surface area (Å²) >= 11 is 1.46. The van der Waals surface area contributed by atoms with Gasteiger partial charge < -0.3 is 10.2 Å². The number of hydrogen-bond acceptors (Lipinski definition) is 5. The van der Waals surface area contributed by atoms with Crippen molar-refractivity contribution < 1.29 is 4.79 Å². The molecule has 1 saturated heterocycles. The first kappa shape index (κ1) is 15.1. The zero-order chi connectivity index (χ0) is 15.2. The van der Waals surface area contributed by atoms with Crippen LogP contribution in [-0.2, 0) is 11.2 Å². The van der Waals surface area contributed by atoms with Gasteiger partial charge in [0.2, 0.25) is 5.91 Å². The van der Waals surface area contributed by atoms with Gasteiger partial charge in [0, 0.05) is 43.0 Å². The maximum absolute atomic E-state index is 12.3. The molecule has 1 atom stereocenters. The van der Waals surface area contributed by atoms with Gasteiger partial charge in [-0.3, -0.25) is 9.78 Å². The van der Waals surface area contributed by atoms with Gasteiger partial charge in [-0.2, -0.15) is 0 Å². The van der Waals surface area contributed by atoms with E-state index in [1.165, 1.54) is 11.3 Å². The fourth-order valence-electron chi connectivity index (χ4n) is 2.78. The van der Waals surface area contributed by atoms with E-state index in [-0.39, 0.29) is 11.8 Å². The van der Waals surface area contributed by atoms with Crippen molar-refractivity contribution in [1.29, 1.82) is 0 Å². The normalized spacial score (nSPS) is 19.0. The molecule has 0 bridgehead atoms. The molecule has 0 radical (unpaired) electrons. The van der Waals surface area contributed by atoms with Crippen molar-refractivity contribution in [1.82, 2.24) is 14.9 Å². The van der Waals surface area contributed by atoms with E-state index in [0.717, 1.165) is 44.6 Å². The maximum Gasteiger partial charge on any atom is 0.230 e. The number of anilines is 1. The average molecular weight is 316 g/mol. The fraction of sp³-hybridized carbons (Fsp3) is 0.438. The van der Waals surface area contributed by atoms with Crippen molar-refractivity contribution in [3.05, 3.63) is 41.7 Å². The molecular weight excluding hydrogens is 296 g/mol. The highest BCUT2D eigenvalue weighted by atomic mass is 32.1. The Balaban J connectivity index is 1.49. The molecule has 22 heavy (non-hydrogen) atoms. The quantitative estimate of drug-likeness (QED) is 0.920. The smallest absolute Gasteiger partial charge is 0.230 e. The van der Waals surface area contributed by atoms with Crippen molar-refractivity contribution in [3.63, 3.8) is 0 Å². The molecule has 116 valence electrons. The lowest BCUT2D eigenvalue weighted by molar-refractivity contribution is -0.121. The zero-order valence-corrected chi connectivity index (χ0v) is 13.3. The summed E-state index contributed by atoms with van der Waals surface area (Å²) in [6.45, 7) is 2.84. The number of piperidine rings is 1. The van der Waals surface area contributed by atoms with Crippen LogP contribution in [0.5, 0.6) is 0 Å². The topological polar surface area (TPSA) is 58.1 Å². The Morgan fingerprint density at radius 1 is 1.36 bits per heavy atom. The first-order chi connectivity index (χ1) is 10.8. The predicted molar refractivity (Wildman–Crippen MR) is 87.8 cm³/mol. The summed E-state index contributed by atoms with van der Waals surface area (Å²) in [6.07, 6.45) is 6.49. The van der Waals surface area contributed by atoms with Crippen molar-refractivity contribution in [2.45, 2.75) is 19.3 Å². The first-order valence-electron chi connectivity index (χ1n) is 7.64. The Morgan fingerprint density at radius 3 is 3.09 bits per heavy atom. The number of carbonyl (C=O) groups excluding carboxylic acids is 1. The summed E-state index contributed by atoms with van der Waals surface area (Å²) in [5.74, 6) is 0.152. The molecule has 1 aliphatic heterocycles. The van der Waals surface area contributed by atoms with Gasteiger partial charge in [0.1, 0.15) is 0 Å². The predicted octanol–water partition coefficient (Wildman–Crippen LogP) is 2.43. The first-order valence-corrected chi connectivity index (χ1v) is 8.52. The van der Waals surface area contributed by atoms with Crippen LogP contribution in [0.15, 0.2) is 36.0 Å². The third kappa shape index (κ3) is 4.11. The van der Waals surface area contributed by atoms with Crippen LogP contribution in [0, 0.1) is 5.92 Å². The van der Waals surface area contributed by atoms with Crippen LogP contribution in [-0.4, -0.2) is 40.4 Å². The van der Waals surface area contributed by atoms with E-state index >= 15 is 0 Å². The van der Waals surface area contributed by atoms with E-state index in [9.17, 15) is 4.79 Å². The van der Waals surface area contributed by atoms with Crippen LogP contribution in [0.1, 0.15) is 18.5 Å². The number of aromatic nitrogens is 2. The van der Waals surface area contributed by atoms with E-state index in [2.05, 4.69) is 26.3 Å². The Hall–Kier alpha value is -1.79. The molecule has 0 aromatic carbocycles. The summed E-state index contributed by atoms with van der Waals surface area (Å²) < 4.78 is 0. The van der Waals surface area contributed by atoms with E-state index in [4.69, 9.17) is 0 Å². The molecule has 0 unspecified atom stereocenters. The lowest BCUT2D eigenvalue weighted by Gasteiger charge is -2.31. The van der Waals surface area contributed by atoms with Gasteiger partial charge in [-0.1, -0.05) is 6.07 Å². The second-order valence-electron chi connectivity index (χ2n) is 5.54. The molecular formula is C16H20N4OS. The highest BCUT2D eigenvalue weighted by Gasteiger charge is 2.26. The number of rotatable bonds is 5. The van der Waals surface area contributed by atoms with Gasteiger partial charge in [-0.05, 0) is 31.5 Å². The molecule has 5 nitrogen and oxygen atoms in total. The molecule has 6 heteroatoms. The number of pyridine rings is 1. The van der Waals surface area contributed by atoms with Crippen LogP contribution in [0.3, 0.4) is 0 Å². The van der Waals surface area contributed by atoms with Gasteiger partial charge in [0.05, 0.1) is 5.92 Å². The number of carbonyl (C=O) groups is 1. The minimum absolute atomic E-state index is 0.0568. The molecule has 2 aromatic heterocycles. The van der Waals surface area contributed by atoms with E-state index in [0.29, 0.717) is 5.13 Å². The second-order valence-corrected chi connectivity index (χ2v) is 6.43. The molecule has 3 heterocycles. The molecule has 0 aliphatic carbocycles. The molecule has 0 saturated carbocycles. The average Bonchev–Trinajstić information content (AvgIpc) is 3.07. The van der Waals surface area contributed by atoms with Crippen LogP contribution in [0.2, 0.25) is 0 Å². The Kier molecular flexibility index (Phi) is 5.13. The third-order valence-electron chi connectivity index (χ3n) is 3.95. The Bertz CT molecular complexity index is 587. The Morgan fingerprint density at radius 2 is 2.32 bits per heavy atom. The van der Waals surface area contributed by atoms with Crippen LogP contribution in [0.4, 0.5) is 5.13 Å². The highest BCUT2D eigenvalue weighted by molar-refractivity contribution is 7.13. The van der Waals surface area contributed by atoms with Gasteiger partial charge in [-0.15, -0.1) is 11.3 Å². The lowest BCUT2D eigenvalue weighted by Crippen LogP contribution is -2.41. The minimum atomic E-state index is 0.0568. The van der Waals surface area contributed by atoms with Crippen LogP contribution in [0.25, 0.3) is 0 Å². The zero-order valence-electron chi connectivity index (χ0n) is 12.4. The number of nitrogens with zero attached hydrogens (tertiary/aromatic N) is 3. The van der Waals surface area contributed by atoms with Gasteiger partial charge >= 0.3 is 0 Å². The molecule has 2 aromatic rings. The maximum atomic E-state index is 12.3. The summed E-state index contributed by atoms with van der Waals surface area (Å²) in [4.78, 5) is 23.1. The minimum Gasteiger partial charge on any atom is -0.302 e. The number of nitrogens with one attached hydrogen (secondary N) is 1. The summed E-state index contributed by atoms with van der Waals surface area (Å²) in [5, 5.41) is 5.48. The lowest BCUT2D eigenvalue weighted by atomic mass is 9.97. The van der Waals surface area contributed by atoms with Crippen molar-refractivity contribution in [2.75, 3.05) is 25.0 Å². The van der Waals surface area contributed by atoms with Gasteiger partial charge in [0.25, 0.3) is 0 Å². The monoisotopic (exact) mass is 316 g/mol. The number of amides is 1. The van der Waals surface area contributed by atoms with Gasteiger partial charge in [-0.25, -0.2) is 4.98 Å². The van der Waals surface area contributed by atoms with E-state index < -0.39 is 0 Å². The summed E-state index contributed by atoms with van der Waals surface area (Å²) in [7, 11) is 0. The standard InChI is InChI=1S/C16H20N4OS/c21-15(19-16-18-8-11-22-16)13-4-3-9-20(12-13)10-6-14-5-1-2-7-17-14/h1-2,5,7-8,11,13H,3-4,6,9-10,12H2,(H,18,19,21)/t13-/m1/s1. The molecule has 1 aliphatic rings. The van der Waals surface area contributed by atoms with Crippen LogP contribution >= 0.6 is 11.3 Å². The molecule has 0 spiro atoms. The van der Waals surface area contributed by atoms with Crippen LogP contribution < -0.4 is 5.32 Å². The van der Waals surface area contributed by atoms with E-state index in [1.54, 1.807) is 6.20 Å². The molecule has 1 N–H and O–H groups in total. The van der Waals surface area contributed by atoms with Crippen molar-refractivity contribution >= 4 is 22.4 Å². The fourth-order valence-corrected chi connectivity index (χ4v) is 3.32. The largest absolute Gasteiger partial charge is 0.302 e. The third-order valence-corrected chi connectivity index (χ3v) is 4.64. The number of hydrogen-bond donors (Lipinski definition) is 1. The van der Waals surface area contributed by atoms with Crippen molar-refractivity contribution in [3.8, 4) is 0 Å². The SMILES string of the molecule is O=C(Nc1nccs1)[C@@H]1CCCN(CCc2ccccn2)C1. The number of likely N-dealkylation sites (tertiary alicyclic amines) is 1.